The Morgan fingerprint density at radius 1 is 0.829 bits per heavy atom. The van der Waals surface area contributed by atoms with Crippen molar-refractivity contribution in [2.45, 2.75) is 6.92 Å². The summed E-state index contributed by atoms with van der Waals surface area (Å²) in [6.45, 7) is 1.67. The van der Waals surface area contributed by atoms with Crippen LogP contribution < -0.4 is 4.74 Å². The SMILES string of the molecule is COc1ccc2cc(C(=O)COC(=O)c3cc(-c4ccc(C)cc4)nc4ccccc34)ccc2c1. The number of esters is 1. The van der Waals surface area contributed by atoms with Crippen molar-refractivity contribution in [3.63, 3.8) is 0 Å². The Morgan fingerprint density at radius 3 is 2.37 bits per heavy atom. The molecule has 5 heteroatoms. The summed E-state index contributed by atoms with van der Waals surface area (Å²) < 4.78 is 10.7. The lowest BCUT2D eigenvalue weighted by Crippen LogP contribution is -2.15. The van der Waals surface area contributed by atoms with Crippen LogP contribution in [0.25, 0.3) is 32.9 Å². The van der Waals surface area contributed by atoms with E-state index >= 15 is 0 Å². The van der Waals surface area contributed by atoms with E-state index in [9.17, 15) is 9.59 Å². The first-order valence-electron chi connectivity index (χ1n) is 11.3. The molecule has 0 atom stereocenters. The number of hydrogen-bond acceptors (Lipinski definition) is 5. The maximum Gasteiger partial charge on any atom is 0.339 e. The van der Waals surface area contributed by atoms with Gasteiger partial charge >= 0.3 is 5.97 Å². The molecule has 5 nitrogen and oxygen atoms in total. The quantitative estimate of drug-likeness (QED) is 0.216. The van der Waals surface area contributed by atoms with E-state index in [1.165, 1.54) is 0 Å². The van der Waals surface area contributed by atoms with Gasteiger partial charge in [0.15, 0.2) is 12.4 Å². The Labute approximate surface area is 203 Å². The van der Waals surface area contributed by atoms with Crippen molar-refractivity contribution >= 4 is 33.4 Å². The van der Waals surface area contributed by atoms with Crippen LogP contribution in [0.5, 0.6) is 5.75 Å². The fourth-order valence-electron chi connectivity index (χ4n) is 4.03. The minimum absolute atomic E-state index is 0.270. The number of hydrogen-bond donors (Lipinski definition) is 0. The standard InChI is InChI=1S/C30H23NO4/c1-19-7-9-20(10-8-19)28-17-26(25-5-3-4-6-27(25)31-28)30(33)35-18-29(32)23-12-11-22-16-24(34-2)14-13-21(22)15-23/h3-17H,18H2,1-2H3. The zero-order valence-corrected chi connectivity index (χ0v) is 19.4. The predicted molar refractivity (Wildman–Crippen MR) is 137 cm³/mol. The van der Waals surface area contributed by atoms with E-state index in [0.717, 1.165) is 27.6 Å². The summed E-state index contributed by atoms with van der Waals surface area (Å²) in [6.07, 6.45) is 0. The lowest BCUT2D eigenvalue weighted by molar-refractivity contribution is 0.0476. The highest BCUT2D eigenvalue weighted by Gasteiger charge is 2.17. The summed E-state index contributed by atoms with van der Waals surface area (Å²) >= 11 is 0. The van der Waals surface area contributed by atoms with Crippen molar-refractivity contribution in [2.75, 3.05) is 13.7 Å². The first-order valence-corrected chi connectivity index (χ1v) is 11.3. The van der Waals surface area contributed by atoms with Crippen LogP contribution in [-0.2, 0) is 4.74 Å². The Hall–Kier alpha value is -4.51. The van der Waals surface area contributed by atoms with Crippen molar-refractivity contribution in [1.82, 2.24) is 4.98 Å². The number of carbonyl (C=O) groups excluding carboxylic acids is 2. The average molecular weight is 462 g/mol. The van der Waals surface area contributed by atoms with Crippen molar-refractivity contribution < 1.29 is 19.1 Å². The number of aromatic nitrogens is 1. The van der Waals surface area contributed by atoms with Gasteiger partial charge in [0.1, 0.15) is 5.75 Å². The molecule has 0 radical (unpaired) electrons. The van der Waals surface area contributed by atoms with Crippen LogP contribution in [0.3, 0.4) is 0 Å². The summed E-state index contributed by atoms with van der Waals surface area (Å²) in [4.78, 5) is 30.6. The number of pyridine rings is 1. The van der Waals surface area contributed by atoms with E-state index in [4.69, 9.17) is 14.5 Å². The number of carbonyl (C=O) groups is 2. The van der Waals surface area contributed by atoms with Gasteiger partial charge in [-0.05, 0) is 48.0 Å². The van der Waals surface area contributed by atoms with Gasteiger partial charge in [0.05, 0.1) is 23.9 Å². The highest BCUT2D eigenvalue weighted by Crippen LogP contribution is 2.26. The Bertz CT molecular complexity index is 1570. The number of methoxy groups -OCH3 is 1. The monoisotopic (exact) mass is 461 g/mol. The van der Waals surface area contributed by atoms with E-state index in [0.29, 0.717) is 27.7 Å². The van der Waals surface area contributed by atoms with Gasteiger partial charge in [-0.1, -0.05) is 66.2 Å². The molecule has 0 saturated carbocycles. The van der Waals surface area contributed by atoms with Gasteiger partial charge in [-0.25, -0.2) is 9.78 Å². The maximum atomic E-state index is 13.1. The molecule has 0 N–H and O–H groups in total. The molecule has 4 aromatic carbocycles. The molecule has 0 aliphatic heterocycles. The highest BCUT2D eigenvalue weighted by atomic mass is 16.5. The zero-order valence-electron chi connectivity index (χ0n) is 19.4. The van der Waals surface area contributed by atoms with Gasteiger partial charge < -0.3 is 9.47 Å². The number of nitrogens with zero attached hydrogens (tertiary/aromatic N) is 1. The summed E-state index contributed by atoms with van der Waals surface area (Å²) in [6, 6.07) is 28.1. The fraction of sp³-hybridized carbons (Fsp3) is 0.100. The van der Waals surface area contributed by atoms with E-state index in [1.807, 2.05) is 79.7 Å². The van der Waals surface area contributed by atoms with Gasteiger partial charge in [0.25, 0.3) is 0 Å². The van der Waals surface area contributed by atoms with E-state index < -0.39 is 5.97 Å². The molecule has 0 aliphatic carbocycles. The largest absolute Gasteiger partial charge is 0.497 e. The molecule has 35 heavy (non-hydrogen) atoms. The van der Waals surface area contributed by atoms with Crippen molar-refractivity contribution in [1.29, 1.82) is 0 Å². The lowest BCUT2D eigenvalue weighted by Gasteiger charge is -2.10. The summed E-state index contributed by atoms with van der Waals surface area (Å²) in [5.74, 6) is -0.0795. The number of ether oxygens (including phenoxy) is 2. The van der Waals surface area contributed by atoms with Gasteiger partial charge in [-0.15, -0.1) is 0 Å². The van der Waals surface area contributed by atoms with Crippen LogP contribution in [-0.4, -0.2) is 30.5 Å². The Kier molecular flexibility index (Phi) is 5.98. The fourth-order valence-corrected chi connectivity index (χ4v) is 4.03. The van der Waals surface area contributed by atoms with Crippen LogP contribution in [0.1, 0.15) is 26.3 Å². The summed E-state index contributed by atoms with van der Waals surface area (Å²) in [5, 5.41) is 2.55. The molecule has 0 unspecified atom stereocenters. The molecular weight excluding hydrogens is 438 g/mol. The minimum atomic E-state index is -0.559. The number of para-hydroxylation sites is 1. The Balaban J connectivity index is 1.40. The second kappa shape index (κ2) is 9.39. The van der Waals surface area contributed by atoms with Gasteiger partial charge in [0, 0.05) is 16.5 Å². The number of Topliss-reactive ketones (excluding diaryl/α,β-unsaturated/α-hetero) is 1. The Morgan fingerprint density at radius 2 is 1.57 bits per heavy atom. The maximum absolute atomic E-state index is 13.1. The second-order valence-electron chi connectivity index (χ2n) is 8.37. The molecule has 0 amide bonds. The van der Waals surface area contributed by atoms with Crippen LogP contribution in [0.15, 0.2) is 91.0 Å². The number of fused-ring (bicyclic) bond motifs is 2. The van der Waals surface area contributed by atoms with Gasteiger partial charge in [-0.2, -0.15) is 0 Å². The van der Waals surface area contributed by atoms with Gasteiger partial charge in [-0.3, -0.25) is 4.79 Å². The van der Waals surface area contributed by atoms with Gasteiger partial charge in [0.2, 0.25) is 0 Å². The molecule has 0 aliphatic rings. The lowest BCUT2D eigenvalue weighted by atomic mass is 10.0. The zero-order chi connectivity index (χ0) is 24.4. The molecule has 5 rings (SSSR count). The summed E-state index contributed by atoms with van der Waals surface area (Å²) in [7, 11) is 1.61. The van der Waals surface area contributed by atoms with E-state index in [1.54, 1.807) is 25.3 Å². The molecule has 0 fully saturated rings. The molecular formula is C30H23NO4. The highest BCUT2D eigenvalue weighted by molar-refractivity contribution is 6.06. The molecule has 1 heterocycles. The third kappa shape index (κ3) is 4.62. The number of aryl methyl sites for hydroxylation is 1. The summed E-state index contributed by atoms with van der Waals surface area (Å²) in [5.41, 5.74) is 4.26. The molecule has 5 aromatic rings. The minimum Gasteiger partial charge on any atom is -0.497 e. The van der Waals surface area contributed by atoms with Crippen molar-refractivity contribution in [3.05, 3.63) is 108 Å². The smallest absolute Gasteiger partial charge is 0.339 e. The first kappa shape index (κ1) is 22.3. The molecule has 1 aromatic heterocycles. The first-order chi connectivity index (χ1) is 17.0. The van der Waals surface area contributed by atoms with Crippen molar-refractivity contribution in [2.24, 2.45) is 0 Å². The second-order valence-corrected chi connectivity index (χ2v) is 8.37. The molecule has 0 bridgehead atoms. The molecule has 0 saturated heterocycles. The predicted octanol–water partition coefficient (Wildman–Crippen LogP) is 6.41. The number of rotatable bonds is 6. The molecule has 172 valence electrons. The topological polar surface area (TPSA) is 65.5 Å². The normalized spacial score (nSPS) is 10.9. The van der Waals surface area contributed by atoms with Crippen LogP contribution >= 0.6 is 0 Å². The van der Waals surface area contributed by atoms with Crippen LogP contribution in [0, 0.1) is 6.92 Å². The molecule has 0 spiro atoms. The van der Waals surface area contributed by atoms with E-state index in [2.05, 4.69) is 0 Å². The third-order valence-electron chi connectivity index (χ3n) is 5.99. The van der Waals surface area contributed by atoms with E-state index in [-0.39, 0.29) is 12.4 Å². The number of ketones is 1. The third-order valence-corrected chi connectivity index (χ3v) is 5.99. The number of benzene rings is 4. The average Bonchev–Trinajstić information content (AvgIpc) is 2.90. The van der Waals surface area contributed by atoms with Crippen LogP contribution in [0.4, 0.5) is 0 Å². The van der Waals surface area contributed by atoms with Crippen LogP contribution in [0.2, 0.25) is 0 Å². The van der Waals surface area contributed by atoms with Crippen molar-refractivity contribution in [3.8, 4) is 17.0 Å².